The summed E-state index contributed by atoms with van der Waals surface area (Å²) in [5, 5.41) is 10.9. The molecular weight excluding hydrogens is 258 g/mol. The van der Waals surface area contributed by atoms with Crippen molar-refractivity contribution in [3.8, 4) is 0 Å². The van der Waals surface area contributed by atoms with Crippen LogP contribution in [0.3, 0.4) is 0 Å². The van der Waals surface area contributed by atoms with Gasteiger partial charge in [0.25, 0.3) is 0 Å². The van der Waals surface area contributed by atoms with E-state index in [0.717, 1.165) is 5.69 Å². The van der Waals surface area contributed by atoms with E-state index in [1.165, 1.54) is 4.31 Å². The summed E-state index contributed by atoms with van der Waals surface area (Å²) in [6.07, 6.45) is 1.63. The smallest absolute Gasteiger partial charge is 0.141 e. The monoisotopic (exact) mass is 271 g/mol. The van der Waals surface area contributed by atoms with Crippen molar-refractivity contribution in [3.63, 3.8) is 0 Å². The number of anilines is 2. The lowest BCUT2D eigenvalue weighted by Gasteiger charge is -2.17. The minimum Gasteiger partial charge on any atom is -0.338 e. The molecule has 0 spiro atoms. The van der Waals surface area contributed by atoms with E-state index in [-0.39, 0.29) is 17.7 Å². The average molecular weight is 272 g/mol. The van der Waals surface area contributed by atoms with Crippen LogP contribution < -0.4 is 9.62 Å². The highest BCUT2D eigenvalue weighted by Crippen LogP contribution is 2.24. The van der Waals surface area contributed by atoms with E-state index >= 15 is 0 Å². The van der Waals surface area contributed by atoms with Crippen molar-refractivity contribution < 1.29 is 4.21 Å². The van der Waals surface area contributed by atoms with Crippen LogP contribution >= 0.6 is 11.6 Å². The Kier molecular flexibility index (Phi) is 5.18. The van der Waals surface area contributed by atoms with Gasteiger partial charge in [-0.15, -0.1) is 0 Å². The molecule has 0 heterocycles. The molecule has 4 nitrogen and oxygen atoms in total. The van der Waals surface area contributed by atoms with E-state index in [1.807, 2.05) is 18.2 Å². The fourth-order valence-corrected chi connectivity index (χ4v) is 1.55. The Balaban J connectivity index is 2.99. The molecule has 0 saturated heterocycles. The predicted molar refractivity (Wildman–Crippen MR) is 75.3 cm³/mol. The maximum absolute atomic E-state index is 10.8. The highest BCUT2D eigenvalue weighted by Gasteiger charge is 2.08. The largest absolute Gasteiger partial charge is 0.338 e. The van der Waals surface area contributed by atoms with Crippen LogP contribution in [0.2, 0.25) is 0 Å². The Morgan fingerprint density at radius 2 is 2.18 bits per heavy atom. The number of hydrogen-bond acceptors (Lipinski definition) is 2. The molecule has 1 rings (SSSR count). The van der Waals surface area contributed by atoms with Gasteiger partial charge in [0.15, 0.2) is 0 Å². The Morgan fingerprint density at radius 1 is 1.53 bits per heavy atom. The van der Waals surface area contributed by atoms with E-state index < -0.39 is 0 Å². The van der Waals surface area contributed by atoms with Crippen molar-refractivity contribution in [3.05, 3.63) is 35.4 Å². The first-order chi connectivity index (χ1) is 8.10. The van der Waals surface area contributed by atoms with Gasteiger partial charge in [-0.25, -0.2) is 4.21 Å². The fourth-order valence-electron chi connectivity index (χ4n) is 1.24. The second kappa shape index (κ2) is 6.42. The van der Waals surface area contributed by atoms with Gasteiger partial charge in [0.2, 0.25) is 0 Å². The quantitative estimate of drug-likeness (QED) is 0.448. The topological polar surface area (TPSA) is 56.2 Å². The summed E-state index contributed by atoms with van der Waals surface area (Å²) >= 11 is 5.72. The van der Waals surface area contributed by atoms with Crippen LogP contribution in [0.4, 0.5) is 11.4 Å². The SMILES string of the molecule is C/C=C(/Cl)C(=N)Nc1ccccc1N(C)[SH]=O. The Labute approximate surface area is 109 Å². The third-order valence-corrected chi connectivity index (χ3v) is 2.99. The summed E-state index contributed by atoms with van der Waals surface area (Å²) in [5.41, 5.74) is 1.41. The molecule has 0 saturated carbocycles. The Morgan fingerprint density at radius 3 is 2.76 bits per heavy atom. The van der Waals surface area contributed by atoms with Crippen molar-refractivity contribution in [2.75, 3.05) is 16.7 Å². The zero-order valence-electron chi connectivity index (χ0n) is 9.57. The van der Waals surface area contributed by atoms with Crippen LogP contribution in [-0.4, -0.2) is 17.1 Å². The summed E-state index contributed by atoms with van der Waals surface area (Å²) in [6.45, 7) is 1.76. The van der Waals surface area contributed by atoms with Crippen LogP contribution in [0.5, 0.6) is 0 Å². The fraction of sp³-hybridized carbons (Fsp3) is 0.182. The second-order valence-electron chi connectivity index (χ2n) is 3.26. The minimum atomic E-state index is -0.110. The predicted octanol–water partition coefficient (Wildman–Crippen LogP) is 2.51. The summed E-state index contributed by atoms with van der Waals surface area (Å²) in [6, 6.07) is 7.27. The summed E-state index contributed by atoms with van der Waals surface area (Å²) in [5.74, 6) is 0.109. The number of nitrogens with zero attached hydrogens (tertiary/aromatic N) is 1. The highest BCUT2D eigenvalue weighted by atomic mass is 35.5. The van der Waals surface area contributed by atoms with Crippen molar-refractivity contribution in [1.29, 1.82) is 5.41 Å². The van der Waals surface area contributed by atoms with E-state index in [9.17, 15) is 4.21 Å². The summed E-state index contributed by atoms with van der Waals surface area (Å²) < 4.78 is 12.4. The van der Waals surface area contributed by atoms with Gasteiger partial charge in [-0.3, -0.25) is 9.71 Å². The van der Waals surface area contributed by atoms with Gasteiger partial charge >= 0.3 is 0 Å². The number of para-hydroxylation sites is 2. The first-order valence-electron chi connectivity index (χ1n) is 4.94. The first kappa shape index (κ1) is 13.7. The molecule has 0 aliphatic carbocycles. The molecule has 17 heavy (non-hydrogen) atoms. The average Bonchev–Trinajstić information content (AvgIpc) is 2.37. The summed E-state index contributed by atoms with van der Waals surface area (Å²) in [7, 11) is 1.69. The summed E-state index contributed by atoms with van der Waals surface area (Å²) in [4.78, 5) is 0. The normalized spacial score (nSPS) is 11.1. The zero-order chi connectivity index (χ0) is 12.8. The Hall–Kier alpha value is -1.33. The second-order valence-corrected chi connectivity index (χ2v) is 4.43. The molecule has 0 fully saturated rings. The van der Waals surface area contributed by atoms with Crippen molar-refractivity contribution in [2.24, 2.45) is 0 Å². The number of hydrogen-bond donors (Lipinski definition) is 3. The number of nitrogens with one attached hydrogen (secondary N) is 2. The molecule has 0 bridgehead atoms. The third-order valence-electron chi connectivity index (χ3n) is 2.13. The van der Waals surface area contributed by atoms with Crippen molar-refractivity contribution >= 4 is 40.7 Å². The molecule has 0 radical (unpaired) electrons. The third kappa shape index (κ3) is 3.57. The molecule has 0 aromatic heterocycles. The molecule has 0 aliphatic rings. The lowest BCUT2D eigenvalue weighted by Crippen LogP contribution is -2.16. The van der Waals surface area contributed by atoms with E-state index in [2.05, 4.69) is 5.32 Å². The van der Waals surface area contributed by atoms with Crippen LogP contribution in [0.1, 0.15) is 6.92 Å². The van der Waals surface area contributed by atoms with E-state index in [4.69, 9.17) is 17.0 Å². The van der Waals surface area contributed by atoms with Crippen molar-refractivity contribution in [2.45, 2.75) is 6.92 Å². The number of rotatable bonds is 4. The van der Waals surface area contributed by atoms with E-state index in [1.54, 1.807) is 26.1 Å². The molecule has 0 amide bonds. The van der Waals surface area contributed by atoms with Crippen molar-refractivity contribution in [1.82, 2.24) is 0 Å². The number of halogens is 1. The maximum Gasteiger partial charge on any atom is 0.141 e. The highest BCUT2D eigenvalue weighted by molar-refractivity contribution is 7.67. The van der Waals surface area contributed by atoms with Crippen LogP contribution in [-0.2, 0) is 11.9 Å². The van der Waals surface area contributed by atoms with Gasteiger partial charge in [0.1, 0.15) is 17.7 Å². The molecular formula is C11H14ClN3OS. The molecule has 1 aromatic rings. The molecule has 0 aliphatic heterocycles. The number of benzene rings is 1. The molecule has 1 aromatic carbocycles. The van der Waals surface area contributed by atoms with E-state index in [0.29, 0.717) is 10.7 Å². The van der Waals surface area contributed by atoms with Gasteiger partial charge in [-0.05, 0) is 19.1 Å². The minimum absolute atomic E-state index is 0.109. The van der Waals surface area contributed by atoms with Gasteiger partial charge in [0, 0.05) is 7.05 Å². The van der Waals surface area contributed by atoms with Gasteiger partial charge < -0.3 is 5.32 Å². The van der Waals surface area contributed by atoms with Crippen LogP contribution in [0, 0.1) is 5.41 Å². The van der Waals surface area contributed by atoms with Crippen LogP contribution in [0.25, 0.3) is 0 Å². The lowest BCUT2D eigenvalue weighted by molar-refractivity contribution is 0.693. The zero-order valence-corrected chi connectivity index (χ0v) is 11.2. The molecule has 6 heteroatoms. The molecule has 0 unspecified atom stereocenters. The number of amidine groups is 1. The van der Waals surface area contributed by atoms with Crippen LogP contribution in [0.15, 0.2) is 35.4 Å². The Bertz CT molecular complexity index is 462. The van der Waals surface area contributed by atoms with Gasteiger partial charge in [-0.1, -0.05) is 29.8 Å². The lowest BCUT2D eigenvalue weighted by atomic mass is 10.2. The number of thiol groups is 1. The van der Waals surface area contributed by atoms with Gasteiger partial charge in [-0.2, -0.15) is 0 Å². The molecule has 92 valence electrons. The number of allylic oxidation sites excluding steroid dienone is 1. The van der Waals surface area contributed by atoms with Gasteiger partial charge in [0.05, 0.1) is 16.4 Å². The molecule has 0 atom stereocenters. The standard InChI is InChI=1S/C11H14ClN3OS/c1-3-8(12)11(13)14-9-6-4-5-7-10(9)15(2)17-16/h3-7,17H,1-2H3,(H2,13,14)/b8-3+. The first-order valence-corrected chi connectivity index (χ1v) is 6.08. The molecule has 2 N–H and O–H groups in total. The maximum atomic E-state index is 10.8.